The highest BCUT2D eigenvalue weighted by Crippen LogP contribution is 2.25. The van der Waals surface area contributed by atoms with Gasteiger partial charge in [-0.2, -0.15) is 5.10 Å². The lowest BCUT2D eigenvalue weighted by atomic mass is 10.1. The number of rotatable bonds is 5. The Labute approximate surface area is 153 Å². The first-order valence-corrected chi connectivity index (χ1v) is 8.05. The van der Waals surface area contributed by atoms with Crippen LogP contribution >= 0.6 is 12.2 Å². The molecule has 0 unspecified atom stereocenters. The number of pyridine rings is 1. The number of halogens is 2. The van der Waals surface area contributed by atoms with Crippen molar-refractivity contribution in [1.29, 1.82) is 0 Å². The third-order valence-corrected chi connectivity index (χ3v) is 3.57. The molecule has 0 radical (unpaired) electrons. The third kappa shape index (κ3) is 4.70. The van der Waals surface area contributed by atoms with E-state index in [1.165, 1.54) is 18.3 Å². The maximum Gasteiger partial charge on any atom is 0.187 e. The molecule has 8 heteroatoms. The van der Waals surface area contributed by atoms with Crippen LogP contribution in [0.2, 0.25) is 0 Å². The van der Waals surface area contributed by atoms with Crippen molar-refractivity contribution in [1.82, 2.24) is 15.7 Å². The molecule has 0 aliphatic heterocycles. The highest BCUT2D eigenvalue weighted by Gasteiger charge is 2.10. The molecule has 0 spiro atoms. The van der Waals surface area contributed by atoms with E-state index >= 15 is 0 Å². The number of benzene rings is 1. The van der Waals surface area contributed by atoms with Gasteiger partial charge in [0.1, 0.15) is 23.2 Å². The molecule has 132 valence electrons. The monoisotopic (exact) mass is 372 g/mol. The molecule has 0 fully saturated rings. The van der Waals surface area contributed by atoms with Crippen LogP contribution in [0, 0.1) is 11.6 Å². The number of hydrogen-bond donors (Lipinski definition) is 2. The maximum absolute atomic E-state index is 13.8. The number of aromatic nitrogens is 1. The molecule has 0 saturated heterocycles. The Hall–Kier alpha value is -3.13. The van der Waals surface area contributed by atoms with Gasteiger partial charge < -0.3 is 9.73 Å². The largest absolute Gasteiger partial charge is 0.455 e. The third-order valence-electron chi connectivity index (χ3n) is 3.34. The van der Waals surface area contributed by atoms with Gasteiger partial charge in [-0.15, -0.1) is 0 Å². The van der Waals surface area contributed by atoms with Gasteiger partial charge in [0.2, 0.25) is 0 Å². The van der Waals surface area contributed by atoms with Gasteiger partial charge in [0.05, 0.1) is 24.0 Å². The highest BCUT2D eigenvalue weighted by atomic mass is 32.1. The summed E-state index contributed by atoms with van der Waals surface area (Å²) in [5, 5.41) is 7.23. The van der Waals surface area contributed by atoms with Crippen LogP contribution in [0.3, 0.4) is 0 Å². The minimum absolute atomic E-state index is 0.173. The number of nitrogens with zero attached hydrogens (tertiary/aromatic N) is 2. The lowest BCUT2D eigenvalue weighted by Gasteiger charge is -2.05. The van der Waals surface area contributed by atoms with Gasteiger partial charge in [-0.1, -0.05) is 6.07 Å². The summed E-state index contributed by atoms with van der Waals surface area (Å²) in [4.78, 5) is 4.17. The summed E-state index contributed by atoms with van der Waals surface area (Å²) in [5.41, 5.74) is 3.67. The number of furan rings is 1. The molecule has 0 bridgehead atoms. The van der Waals surface area contributed by atoms with Crippen molar-refractivity contribution in [2.45, 2.75) is 6.54 Å². The molecule has 26 heavy (non-hydrogen) atoms. The van der Waals surface area contributed by atoms with Crippen LogP contribution in [-0.4, -0.2) is 16.3 Å². The van der Waals surface area contributed by atoms with Gasteiger partial charge in [0, 0.05) is 12.3 Å². The summed E-state index contributed by atoms with van der Waals surface area (Å²) in [6.45, 7) is 0.469. The first-order valence-electron chi connectivity index (χ1n) is 7.64. The molecule has 2 heterocycles. The van der Waals surface area contributed by atoms with Crippen molar-refractivity contribution < 1.29 is 13.2 Å². The van der Waals surface area contributed by atoms with E-state index in [-0.39, 0.29) is 11.3 Å². The number of hydrogen-bond acceptors (Lipinski definition) is 4. The predicted molar refractivity (Wildman–Crippen MR) is 98.5 cm³/mol. The van der Waals surface area contributed by atoms with E-state index in [2.05, 4.69) is 20.8 Å². The topological polar surface area (TPSA) is 62.5 Å². The van der Waals surface area contributed by atoms with Crippen molar-refractivity contribution in [2.24, 2.45) is 5.10 Å². The normalized spacial score (nSPS) is 10.8. The lowest BCUT2D eigenvalue weighted by Crippen LogP contribution is -2.31. The average molecular weight is 372 g/mol. The number of hydrazone groups is 1. The van der Waals surface area contributed by atoms with Gasteiger partial charge in [0.25, 0.3) is 0 Å². The fourth-order valence-electron chi connectivity index (χ4n) is 2.12. The standard InChI is InChI=1S/C18H14F2N4OS/c19-12-4-6-15(16(20)9-12)17-7-5-14(25-17)11-23-24-18(26)22-10-13-3-1-2-8-21-13/h1-9,11H,10H2,(H2,22,24,26). The van der Waals surface area contributed by atoms with Crippen LogP contribution in [0.1, 0.15) is 11.5 Å². The minimum atomic E-state index is -0.694. The second-order valence-electron chi connectivity index (χ2n) is 5.20. The Morgan fingerprint density at radius 1 is 1.19 bits per heavy atom. The molecule has 0 atom stereocenters. The molecule has 2 aromatic heterocycles. The minimum Gasteiger partial charge on any atom is -0.455 e. The molecule has 3 aromatic rings. The first-order chi connectivity index (χ1) is 12.6. The Bertz CT molecular complexity index is 928. The summed E-state index contributed by atoms with van der Waals surface area (Å²) in [7, 11) is 0. The predicted octanol–water partition coefficient (Wildman–Crippen LogP) is 3.62. The van der Waals surface area contributed by atoms with Crippen molar-refractivity contribution in [3.8, 4) is 11.3 Å². The molecule has 3 rings (SSSR count). The average Bonchev–Trinajstić information content (AvgIpc) is 3.09. The molecule has 1 aromatic carbocycles. The second kappa shape index (κ2) is 8.30. The van der Waals surface area contributed by atoms with Crippen LogP contribution in [-0.2, 0) is 6.54 Å². The number of thiocarbonyl (C=S) groups is 1. The summed E-state index contributed by atoms with van der Waals surface area (Å²) in [6.07, 6.45) is 3.10. The van der Waals surface area contributed by atoms with Gasteiger partial charge in [-0.05, 0) is 48.6 Å². The zero-order chi connectivity index (χ0) is 18.4. The zero-order valence-electron chi connectivity index (χ0n) is 13.4. The first kappa shape index (κ1) is 17.7. The van der Waals surface area contributed by atoms with Crippen LogP contribution in [0.15, 0.2) is 64.2 Å². The van der Waals surface area contributed by atoms with Gasteiger partial charge >= 0.3 is 0 Å². The van der Waals surface area contributed by atoms with Crippen molar-refractivity contribution in [2.75, 3.05) is 0 Å². The fourth-order valence-corrected chi connectivity index (χ4v) is 2.25. The SMILES string of the molecule is Fc1ccc(-c2ccc(C=NNC(=S)NCc3ccccn3)o2)c(F)c1. The molecule has 0 amide bonds. The fraction of sp³-hybridized carbons (Fsp3) is 0.0556. The molecule has 5 nitrogen and oxygen atoms in total. The van der Waals surface area contributed by atoms with E-state index in [4.69, 9.17) is 16.6 Å². The summed E-state index contributed by atoms with van der Waals surface area (Å²) >= 11 is 5.10. The Morgan fingerprint density at radius 3 is 2.85 bits per heavy atom. The van der Waals surface area contributed by atoms with Crippen LogP contribution in [0.5, 0.6) is 0 Å². The molecular formula is C18H14F2N4OS. The van der Waals surface area contributed by atoms with Crippen LogP contribution in [0.4, 0.5) is 8.78 Å². The molecule has 2 N–H and O–H groups in total. The van der Waals surface area contributed by atoms with Gasteiger partial charge in [-0.3, -0.25) is 10.4 Å². The lowest BCUT2D eigenvalue weighted by molar-refractivity contribution is 0.556. The van der Waals surface area contributed by atoms with Crippen molar-refractivity contribution in [3.05, 3.63) is 77.8 Å². The summed E-state index contributed by atoms with van der Waals surface area (Å²) < 4.78 is 32.2. The quantitative estimate of drug-likeness (QED) is 0.407. The zero-order valence-corrected chi connectivity index (χ0v) is 14.3. The van der Waals surface area contributed by atoms with Gasteiger partial charge in [-0.25, -0.2) is 8.78 Å². The van der Waals surface area contributed by atoms with E-state index in [0.29, 0.717) is 17.4 Å². The van der Waals surface area contributed by atoms with E-state index in [0.717, 1.165) is 11.8 Å². The summed E-state index contributed by atoms with van der Waals surface area (Å²) in [5.74, 6) is -0.667. The Kier molecular flexibility index (Phi) is 5.65. The Morgan fingerprint density at radius 2 is 2.08 bits per heavy atom. The Balaban J connectivity index is 1.54. The second-order valence-corrected chi connectivity index (χ2v) is 5.61. The molecule has 0 saturated carbocycles. The maximum atomic E-state index is 13.8. The highest BCUT2D eigenvalue weighted by molar-refractivity contribution is 7.80. The van der Waals surface area contributed by atoms with Crippen molar-refractivity contribution >= 4 is 23.5 Å². The van der Waals surface area contributed by atoms with E-state index < -0.39 is 11.6 Å². The number of nitrogens with one attached hydrogen (secondary N) is 2. The van der Waals surface area contributed by atoms with Crippen LogP contribution in [0.25, 0.3) is 11.3 Å². The molecule has 0 aliphatic carbocycles. The van der Waals surface area contributed by atoms with E-state index in [1.807, 2.05) is 18.2 Å². The van der Waals surface area contributed by atoms with E-state index in [1.54, 1.807) is 18.3 Å². The molecular weight excluding hydrogens is 358 g/mol. The summed E-state index contributed by atoms with van der Waals surface area (Å²) in [6, 6.07) is 12.1. The van der Waals surface area contributed by atoms with Gasteiger partial charge in [0.15, 0.2) is 5.11 Å². The molecule has 0 aliphatic rings. The van der Waals surface area contributed by atoms with Crippen molar-refractivity contribution in [3.63, 3.8) is 0 Å². The smallest absolute Gasteiger partial charge is 0.187 e. The van der Waals surface area contributed by atoms with Crippen LogP contribution < -0.4 is 10.7 Å². The van der Waals surface area contributed by atoms with E-state index in [9.17, 15) is 8.78 Å².